The van der Waals surface area contributed by atoms with Gasteiger partial charge in [0, 0.05) is 24.9 Å². The van der Waals surface area contributed by atoms with Gasteiger partial charge in [0.25, 0.3) is 0 Å². The highest BCUT2D eigenvalue weighted by Crippen LogP contribution is 2.44. The Labute approximate surface area is 169 Å². The van der Waals surface area contributed by atoms with Crippen LogP contribution in [0.5, 0.6) is 0 Å². The summed E-state index contributed by atoms with van der Waals surface area (Å²) in [6.07, 6.45) is -0.682. The van der Waals surface area contributed by atoms with E-state index in [-0.39, 0.29) is 37.8 Å². The number of carboxylic acid groups (broad SMARTS) is 1. The Balaban J connectivity index is 1.47. The summed E-state index contributed by atoms with van der Waals surface area (Å²) in [5, 5.41) is 13.8. The molecular formula is C22H24N2O5. The van der Waals surface area contributed by atoms with E-state index in [1.54, 1.807) is 6.92 Å². The van der Waals surface area contributed by atoms with Gasteiger partial charge in [0.15, 0.2) is 0 Å². The predicted octanol–water partition coefficient (Wildman–Crippen LogP) is 2.89. The minimum absolute atomic E-state index is 0.0201. The number of nitrogens with one attached hydrogen (secondary N) is 2. The number of carbonyl (C=O) groups is 3. The van der Waals surface area contributed by atoms with E-state index in [0.717, 1.165) is 22.3 Å². The van der Waals surface area contributed by atoms with Crippen LogP contribution in [0.4, 0.5) is 4.79 Å². The number of benzene rings is 2. The summed E-state index contributed by atoms with van der Waals surface area (Å²) in [6.45, 7) is 1.94. The molecule has 3 rings (SSSR count). The van der Waals surface area contributed by atoms with E-state index in [1.165, 1.54) is 0 Å². The second-order valence-electron chi connectivity index (χ2n) is 7.07. The Bertz CT molecular complexity index is 866. The molecular weight excluding hydrogens is 372 g/mol. The summed E-state index contributed by atoms with van der Waals surface area (Å²) >= 11 is 0. The van der Waals surface area contributed by atoms with Gasteiger partial charge in [0.1, 0.15) is 6.61 Å². The second kappa shape index (κ2) is 9.23. The molecule has 0 radical (unpaired) electrons. The van der Waals surface area contributed by atoms with E-state index in [4.69, 9.17) is 9.84 Å². The summed E-state index contributed by atoms with van der Waals surface area (Å²) in [6, 6.07) is 15.7. The monoisotopic (exact) mass is 396 g/mol. The summed E-state index contributed by atoms with van der Waals surface area (Å²) in [4.78, 5) is 34.4. The molecule has 29 heavy (non-hydrogen) atoms. The lowest BCUT2D eigenvalue weighted by atomic mass is 9.98. The normalized spacial score (nSPS) is 13.1. The molecule has 1 aliphatic carbocycles. The van der Waals surface area contributed by atoms with Crippen molar-refractivity contribution in [1.29, 1.82) is 0 Å². The number of hydrogen-bond donors (Lipinski definition) is 3. The highest BCUT2D eigenvalue weighted by molar-refractivity contribution is 5.79. The fourth-order valence-electron chi connectivity index (χ4n) is 3.59. The average molecular weight is 396 g/mol. The van der Waals surface area contributed by atoms with Crippen LogP contribution in [-0.4, -0.2) is 42.3 Å². The minimum atomic E-state index is -0.977. The van der Waals surface area contributed by atoms with Gasteiger partial charge in [0.05, 0.1) is 6.42 Å². The number of fused-ring (bicyclic) bond motifs is 3. The summed E-state index contributed by atoms with van der Waals surface area (Å²) in [7, 11) is 0. The molecule has 1 aliphatic rings. The zero-order valence-corrected chi connectivity index (χ0v) is 16.2. The topological polar surface area (TPSA) is 105 Å². The smallest absolute Gasteiger partial charge is 0.407 e. The molecule has 2 amide bonds. The fourth-order valence-corrected chi connectivity index (χ4v) is 3.59. The Morgan fingerprint density at radius 2 is 1.62 bits per heavy atom. The Kier molecular flexibility index (Phi) is 6.49. The van der Waals surface area contributed by atoms with Crippen LogP contribution in [0.25, 0.3) is 11.1 Å². The molecule has 3 N–H and O–H groups in total. The van der Waals surface area contributed by atoms with E-state index in [2.05, 4.69) is 22.8 Å². The molecule has 1 atom stereocenters. The van der Waals surface area contributed by atoms with Gasteiger partial charge in [-0.1, -0.05) is 48.5 Å². The molecule has 0 bridgehead atoms. The lowest BCUT2D eigenvalue weighted by Gasteiger charge is -2.15. The highest BCUT2D eigenvalue weighted by Gasteiger charge is 2.28. The first-order valence-corrected chi connectivity index (χ1v) is 9.55. The zero-order valence-electron chi connectivity index (χ0n) is 16.2. The van der Waals surface area contributed by atoms with Gasteiger partial charge in [0.2, 0.25) is 5.91 Å². The molecule has 0 aromatic heterocycles. The van der Waals surface area contributed by atoms with Crippen LogP contribution in [-0.2, 0) is 14.3 Å². The zero-order chi connectivity index (χ0) is 20.8. The van der Waals surface area contributed by atoms with E-state index < -0.39 is 18.1 Å². The number of carboxylic acids is 1. The van der Waals surface area contributed by atoms with Gasteiger partial charge >= 0.3 is 12.1 Å². The maximum atomic E-state index is 12.0. The van der Waals surface area contributed by atoms with Crippen LogP contribution in [0.15, 0.2) is 48.5 Å². The van der Waals surface area contributed by atoms with Gasteiger partial charge < -0.3 is 20.5 Å². The highest BCUT2D eigenvalue weighted by atomic mass is 16.5. The lowest BCUT2D eigenvalue weighted by Crippen LogP contribution is -2.36. The third-order valence-corrected chi connectivity index (χ3v) is 4.85. The number of rotatable bonds is 8. The summed E-state index contributed by atoms with van der Waals surface area (Å²) in [5.41, 5.74) is 4.58. The maximum absolute atomic E-state index is 12.0. The van der Waals surface area contributed by atoms with Gasteiger partial charge in [-0.2, -0.15) is 0 Å². The number of alkyl carbamates (subject to hydrolysis) is 1. The molecule has 7 heteroatoms. The first-order chi connectivity index (χ1) is 14.0. The van der Waals surface area contributed by atoms with Gasteiger partial charge in [-0.15, -0.1) is 0 Å². The Morgan fingerprint density at radius 1 is 1.03 bits per heavy atom. The van der Waals surface area contributed by atoms with E-state index >= 15 is 0 Å². The Hall–Kier alpha value is -3.35. The molecule has 0 saturated heterocycles. The first-order valence-electron chi connectivity index (χ1n) is 9.55. The molecule has 0 aliphatic heterocycles. The molecule has 2 aromatic carbocycles. The quantitative estimate of drug-likeness (QED) is 0.636. The van der Waals surface area contributed by atoms with Crippen molar-refractivity contribution in [2.75, 3.05) is 13.2 Å². The van der Waals surface area contributed by atoms with Crippen molar-refractivity contribution in [3.63, 3.8) is 0 Å². The molecule has 2 aromatic rings. The first kappa shape index (κ1) is 20.4. The summed E-state index contributed by atoms with van der Waals surface area (Å²) < 4.78 is 5.40. The standard InChI is InChI=1S/C22H24N2O5/c1-14(12-21(26)27)24-20(25)10-11-23-22(28)29-13-19-17-8-4-2-6-15(17)16-7-3-5-9-18(16)19/h2-9,14,19H,10-13H2,1H3,(H,23,28)(H,24,25)(H,26,27). The van der Waals surface area contributed by atoms with Crippen molar-refractivity contribution < 1.29 is 24.2 Å². The minimum Gasteiger partial charge on any atom is -0.481 e. The van der Waals surface area contributed by atoms with Crippen LogP contribution < -0.4 is 10.6 Å². The van der Waals surface area contributed by atoms with E-state index in [9.17, 15) is 14.4 Å². The molecule has 0 saturated carbocycles. The SMILES string of the molecule is CC(CC(=O)O)NC(=O)CCNC(=O)OCC1c2ccccc2-c2ccccc21. The number of carbonyl (C=O) groups excluding carboxylic acids is 2. The molecule has 152 valence electrons. The molecule has 0 spiro atoms. The number of hydrogen-bond acceptors (Lipinski definition) is 4. The van der Waals surface area contributed by atoms with Crippen LogP contribution >= 0.6 is 0 Å². The van der Waals surface area contributed by atoms with Crippen molar-refractivity contribution >= 4 is 18.0 Å². The van der Waals surface area contributed by atoms with Crippen LogP contribution in [0.2, 0.25) is 0 Å². The van der Waals surface area contributed by atoms with Crippen LogP contribution in [0, 0.1) is 0 Å². The van der Waals surface area contributed by atoms with Gasteiger partial charge in [-0.05, 0) is 29.2 Å². The van der Waals surface area contributed by atoms with Gasteiger partial charge in [-0.25, -0.2) is 4.79 Å². The van der Waals surface area contributed by atoms with Crippen molar-refractivity contribution in [3.8, 4) is 11.1 Å². The Morgan fingerprint density at radius 3 is 2.21 bits per heavy atom. The van der Waals surface area contributed by atoms with E-state index in [1.807, 2.05) is 36.4 Å². The van der Waals surface area contributed by atoms with Crippen molar-refractivity contribution in [2.24, 2.45) is 0 Å². The average Bonchev–Trinajstić information content (AvgIpc) is 2.99. The van der Waals surface area contributed by atoms with Crippen molar-refractivity contribution in [1.82, 2.24) is 10.6 Å². The third kappa shape index (κ3) is 5.13. The fraction of sp³-hybridized carbons (Fsp3) is 0.318. The van der Waals surface area contributed by atoms with Crippen molar-refractivity contribution in [3.05, 3.63) is 59.7 Å². The van der Waals surface area contributed by atoms with Crippen molar-refractivity contribution in [2.45, 2.75) is 31.7 Å². The van der Waals surface area contributed by atoms with Crippen LogP contribution in [0.1, 0.15) is 36.8 Å². The number of aliphatic carboxylic acids is 1. The number of amides is 2. The van der Waals surface area contributed by atoms with E-state index in [0.29, 0.717) is 0 Å². The van der Waals surface area contributed by atoms with Crippen LogP contribution in [0.3, 0.4) is 0 Å². The molecule has 0 fully saturated rings. The molecule has 7 nitrogen and oxygen atoms in total. The summed E-state index contributed by atoms with van der Waals surface area (Å²) in [5.74, 6) is -1.32. The third-order valence-electron chi connectivity index (χ3n) is 4.85. The second-order valence-corrected chi connectivity index (χ2v) is 7.07. The molecule has 0 heterocycles. The maximum Gasteiger partial charge on any atom is 0.407 e. The number of ether oxygens (including phenoxy) is 1. The van der Waals surface area contributed by atoms with Gasteiger partial charge in [-0.3, -0.25) is 9.59 Å². The molecule has 1 unspecified atom stereocenters. The lowest BCUT2D eigenvalue weighted by molar-refractivity contribution is -0.137. The predicted molar refractivity (Wildman–Crippen MR) is 108 cm³/mol. The largest absolute Gasteiger partial charge is 0.481 e.